The molecule has 0 spiro atoms. The van der Waals surface area contributed by atoms with E-state index in [1.54, 1.807) is 37.4 Å². The fraction of sp³-hybridized carbons (Fsp3) is 0.185. The topological polar surface area (TPSA) is 84.3 Å². The number of sulfonamides is 1. The van der Waals surface area contributed by atoms with Gasteiger partial charge in [-0.25, -0.2) is 13.4 Å². The van der Waals surface area contributed by atoms with Crippen LogP contribution in [0, 0.1) is 13.8 Å². The number of alkyl halides is 3. The molecule has 7 nitrogen and oxygen atoms in total. The SMILES string of the molecule is Cc1ccc(S(=O)(=O)N(CC(=O)NCc2ccc(-n3ccnc3C)cc2)c2ccc(Cl)c(C(F)(F)F)c2)cc1. The Balaban J connectivity index is 1.58. The van der Waals surface area contributed by atoms with E-state index in [-0.39, 0.29) is 17.1 Å². The molecular formula is C27H24ClF3N4O3S. The number of amides is 1. The van der Waals surface area contributed by atoms with Crippen molar-refractivity contribution in [1.29, 1.82) is 0 Å². The van der Waals surface area contributed by atoms with E-state index >= 15 is 0 Å². The lowest BCUT2D eigenvalue weighted by molar-refractivity contribution is -0.137. The molecule has 1 aromatic heterocycles. The molecule has 0 radical (unpaired) electrons. The number of nitrogens with zero attached hydrogens (tertiary/aromatic N) is 3. The van der Waals surface area contributed by atoms with Crippen molar-refractivity contribution >= 4 is 33.2 Å². The lowest BCUT2D eigenvalue weighted by Crippen LogP contribution is -2.40. The number of aryl methyl sites for hydroxylation is 2. The molecule has 0 atom stereocenters. The van der Waals surface area contributed by atoms with E-state index in [0.717, 1.165) is 34.8 Å². The Hall–Kier alpha value is -3.83. The first-order valence-electron chi connectivity index (χ1n) is 11.7. The number of rotatable bonds is 8. The van der Waals surface area contributed by atoms with Crippen molar-refractivity contribution in [3.8, 4) is 5.69 Å². The highest BCUT2D eigenvalue weighted by Gasteiger charge is 2.35. The Labute approximate surface area is 228 Å². The molecule has 0 saturated carbocycles. The van der Waals surface area contributed by atoms with Crippen LogP contribution in [0.3, 0.4) is 0 Å². The number of benzene rings is 3. The fourth-order valence-electron chi connectivity index (χ4n) is 3.85. The van der Waals surface area contributed by atoms with Gasteiger partial charge in [-0.3, -0.25) is 9.10 Å². The van der Waals surface area contributed by atoms with Gasteiger partial charge in [0.05, 0.1) is 21.2 Å². The third-order valence-corrected chi connectivity index (χ3v) is 8.09. The number of carbonyl (C=O) groups is 1. The zero-order chi connectivity index (χ0) is 28.4. The molecule has 204 valence electrons. The van der Waals surface area contributed by atoms with Crippen molar-refractivity contribution < 1.29 is 26.4 Å². The lowest BCUT2D eigenvalue weighted by Gasteiger charge is -2.25. The van der Waals surface area contributed by atoms with Crippen molar-refractivity contribution in [2.75, 3.05) is 10.8 Å². The molecule has 4 aromatic rings. The quantitative estimate of drug-likeness (QED) is 0.293. The zero-order valence-corrected chi connectivity index (χ0v) is 22.5. The Bertz CT molecular complexity index is 1590. The van der Waals surface area contributed by atoms with Gasteiger partial charge >= 0.3 is 6.18 Å². The molecule has 0 aliphatic carbocycles. The van der Waals surface area contributed by atoms with Crippen LogP contribution in [0.15, 0.2) is 84.0 Å². The summed E-state index contributed by atoms with van der Waals surface area (Å²) in [5.41, 5.74) is 0.850. The number of hydrogen-bond acceptors (Lipinski definition) is 4. The summed E-state index contributed by atoms with van der Waals surface area (Å²) in [6.07, 6.45) is -1.33. The number of nitrogens with one attached hydrogen (secondary N) is 1. The number of anilines is 1. The van der Waals surface area contributed by atoms with E-state index in [4.69, 9.17) is 11.6 Å². The minimum absolute atomic E-state index is 0.0782. The van der Waals surface area contributed by atoms with Crippen LogP contribution in [0.5, 0.6) is 0 Å². The van der Waals surface area contributed by atoms with Crippen LogP contribution >= 0.6 is 11.6 Å². The smallest absolute Gasteiger partial charge is 0.350 e. The highest BCUT2D eigenvalue weighted by Crippen LogP contribution is 2.38. The standard InChI is InChI=1S/C27H24ClF3N4O3S/c1-18-3-10-23(11-4-18)39(37,38)35(22-9-12-25(28)24(15-22)27(29,30)31)17-26(36)33-16-20-5-7-21(8-6-20)34-14-13-32-19(34)2/h3-15H,16-17H2,1-2H3,(H,33,36). The molecule has 39 heavy (non-hydrogen) atoms. The number of halogens is 4. The number of hydrogen-bond donors (Lipinski definition) is 1. The Morgan fingerprint density at radius 3 is 2.28 bits per heavy atom. The van der Waals surface area contributed by atoms with Crippen LogP contribution in [-0.4, -0.2) is 30.4 Å². The fourth-order valence-corrected chi connectivity index (χ4v) is 5.49. The number of aromatic nitrogens is 2. The summed E-state index contributed by atoms with van der Waals surface area (Å²) in [6.45, 7) is 2.96. The second kappa shape index (κ2) is 11.1. The molecule has 0 fully saturated rings. The van der Waals surface area contributed by atoms with Gasteiger partial charge in [0.15, 0.2) is 0 Å². The monoisotopic (exact) mass is 576 g/mol. The molecule has 0 saturated heterocycles. The van der Waals surface area contributed by atoms with Gasteiger partial charge in [0.1, 0.15) is 12.4 Å². The maximum absolute atomic E-state index is 13.5. The third-order valence-electron chi connectivity index (χ3n) is 5.97. The van der Waals surface area contributed by atoms with E-state index < -0.39 is 39.2 Å². The predicted octanol–water partition coefficient (Wildman–Crippen LogP) is 5.67. The minimum Gasteiger partial charge on any atom is -0.350 e. The van der Waals surface area contributed by atoms with Crippen molar-refractivity contribution in [1.82, 2.24) is 14.9 Å². The molecule has 1 amide bonds. The van der Waals surface area contributed by atoms with Crippen molar-refractivity contribution in [2.45, 2.75) is 31.5 Å². The molecule has 1 N–H and O–H groups in total. The van der Waals surface area contributed by atoms with E-state index in [9.17, 15) is 26.4 Å². The molecule has 12 heteroatoms. The van der Waals surface area contributed by atoms with Crippen molar-refractivity contribution in [3.05, 3.63) is 107 Å². The summed E-state index contributed by atoms with van der Waals surface area (Å²) >= 11 is 5.74. The Kier molecular flexibility index (Phi) is 8.03. The maximum atomic E-state index is 13.5. The summed E-state index contributed by atoms with van der Waals surface area (Å²) in [6, 6.07) is 15.8. The van der Waals surface area contributed by atoms with Gasteiger partial charge in [0, 0.05) is 24.6 Å². The first-order chi connectivity index (χ1) is 18.4. The second-order valence-electron chi connectivity index (χ2n) is 8.77. The lowest BCUT2D eigenvalue weighted by atomic mass is 10.2. The van der Waals surface area contributed by atoms with Crippen molar-refractivity contribution in [3.63, 3.8) is 0 Å². The molecular weight excluding hydrogens is 553 g/mol. The van der Waals surface area contributed by atoms with Crippen LogP contribution in [0.25, 0.3) is 5.69 Å². The van der Waals surface area contributed by atoms with Gasteiger partial charge in [0.25, 0.3) is 10.0 Å². The highest BCUT2D eigenvalue weighted by atomic mass is 35.5. The average Bonchev–Trinajstić information content (AvgIpc) is 3.32. The second-order valence-corrected chi connectivity index (χ2v) is 11.0. The highest BCUT2D eigenvalue weighted by molar-refractivity contribution is 7.92. The first kappa shape index (κ1) is 28.2. The van der Waals surface area contributed by atoms with Crippen LogP contribution in [0.4, 0.5) is 18.9 Å². The molecule has 4 rings (SSSR count). The molecule has 0 unspecified atom stereocenters. The van der Waals surface area contributed by atoms with E-state index in [2.05, 4.69) is 10.3 Å². The van der Waals surface area contributed by atoms with E-state index in [1.807, 2.05) is 29.8 Å². The first-order valence-corrected chi connectivity index (χ1v) is 13.5. The maximum Gasteiger partial charge on any atom is 0.417 e. The van der Waals surface area contributed by atoms with Crippen LogP contribution < -0.4 is 9.62 Å². The molecule has 0 bridgehead atoms. The van der Waals surface area contributed by atoms with Gasteiger partial charge in [-0.2, -0.15) is 13.2 Å². The average molecular weight is 577 g/mol. The zero-order valence-electron chi connectivity index (χ0n) is 20.9. The summed E-state index contributed by atoms with van der Waals surface area (Å²) in [7, 11) is -4.41. The molecule has 1 heterocycles. The van der Waals surface area contributed by atoms with Gasteiger partial charge in [-0.05, 0) is 61.9 Å². The summed E-state index contributed by atoms with van der Waals surface area (Å²) in [5.74, 6) is 0.102. The van der Waals surface area contributed by atoms with Crippen molar-refractivity contribution in [2.24, 2.45) is 0 Å². The molecule has 3 aromatic carbocycles. The van der Waals surface area contributed by atoms with Crippen LogP contribution in [-0.2, 0) is 27.5 Å². The van der Waals surface area contributed by atoms with Crippen LogP contribution in [0.1, 0.15) is 22.5 Å². The molecule has 0 aliphatic heterocycles. The van der Waals surface area contributed by atoms with Crippen LogP contribution in [0.2, 0.25) is 5.02 Å². The largest absolute Gasteiger partial charge is 0.417 e. The summed E-state index contributed by atoms with van der Waals surface area (Å²) < 4.78 is 70.1. The summed E-state index contributed by atoms with van der Waals surface area (Å²) in [4.78, 5) is 16.9. The van der Waals surface area contributed by atoms with E-state index in [0.29, 0.717) is 10.4 Å². The molecule has 0 aliphatic rings. The number of imidazole rings is 1. The van der Waals surface area contributed by atoms with Gasteiger partial charge < -0.3 is 9.88 Å². The predicted molar refractivity (Wildman–Crippen MR) is 142 cm³/mol. The Morgan fingerprint density at radius 1 is 1.03 bits per heavy atom. The number of carbonyl (C=O) groups excluding carboxylic acids is 1. The normalized spacial score (nSPS) is 11.8. The van der Waals surface area contributed by atoms with Gasteiger partial charge in [0.2, 0.25) is 5.91 Å². The third kappa shape index (κ3) is 6.43. The van der Waals surface area contributed by atoms with Gasteiger partial charge in [-0.15, -0.1) is 0 Å². The minimum atomic E-state index is -4.82. The van der Waals surface area contributed by atoms with E-state index in [1.165, 1.54) is 12.1 Å². The Morgan fingerprint density at radius 2 is 1.69 bits per heavy atom. The van der Waals surface area contributed by atoms with Gasteiger partial charge in [-0.1, -0.05) is 41.4 Å². The summed E-state index contributed by atoms with van der Waals surface area (Å²) in [5, 5.41) is 2.06.